The molecule has 0 spiro atoms. The van der Waals surface area contributed by atoms with Gasteiger partial charge in [-0.25, -0.2) is 15.0 Å². The van der Waals surface area contributed by atoms with Gasteiger partial charge >= 0.3 is 0 Å². The predicted octanol–water partition coefficient (Wildman–Crippen LogP) is 2.89. The number of thioether (sulfide) groups is 1. The van der Waals surface area contributed by atoms with Crippen molar-refractivity contribution in [3.05, 3.63) is 18.0 Å². The lowest BCUT2D eigenvalue weighted by Gasteiger charge is -2.23. The number of pyridine rings is 1. The fourth-order valence-electron chi connectivity index (χ4n) is 1.75. The van der Waals surface area contributed by atoms with Crippen LogP contribution in [-0.4, -0.2) is 40.5 Å². The molecule has 5 nitrogen and oxygen atoms in total. The van der Waals surface area contributed by atoms with Crippen molar-refractivity contribution in [3.8, 4) is 0 Å². The summed E-state index contributed by atoms with van der Waals surface area (Å²) in [4.78, 5) is 13.4. The SMILES string of the molecule is COC(C)(C)CNc1nc(C)cc2cnc(SC)nc12. The van der Waals surface area contributed by atoms with Crippen LogP contribution in [0.4, 0.5) is 5.82 Å². The highest BCUT2D eigenvalue weighted by Gasteiger charge is 2.17. The minimum atomic E-state index is -0.257. The van der Waals surface area contributed by atoms with Gasteiger partial charge in [0.2, 0.25) is 0 Å². The average Bonchev–Trinajstić information content (AvgIpc) is 2.44. The number of nitrogens with one attached hydrogen (secondary N) is 1. The molecule has 2 heterocycles. The molecule has 0 atom stereocenters. The molecule has 0 radical (unpaired) electrons. The second-order valence-electron chi connectivity index (χ2n) is 5.22. The summed E-state index contributed by atoms with van der Waals surface area (Å²) in [5, 5.41) is 5.08. The van der Waals surface area contributed by atoms with Crippen molar-refractivity contribution < 1.29 is 4.74 Å². The van der Waals surface area contributed by atoms with Crippen molar-refractivity contribution in [1.82, 2.24) is 15.0 Å². The van der Waals surface area contributed by atoms with Crippen LogP contribution in [0.5, 0.6) is 0 Å². The molecule has 108 valence electrons. The lowest BCUT2D eigenvalue weighted by molar-refractivity contribution is 0.0343. The molecule has 20 heavy (non-hydrogen) atoms. The molecule has 2 rings (SSSR count). The van der Waals surface area contributed by atoms with E-state index in [-0.39, 0.29) is 5.60 Å². The summed E-state index contributed by atoms with van der Waals surface area (Å²) in [7, 11) is 1.71. The van der Waals surface area contributed by atoms with Crippen LogP contribution in [-0.2, 0) is 4.74 Å². The Hall–Kier alpha value is -1.40. The highest BCUT2D eigenvalue weighted by Crippen LogP contribution is 2.23. The lowest BCUT2D eigenvalue weighted by Crippen LogP contribution is -2.32. The van der Waals surface area contributed by atoms with E-state index in [4.69, 9.17) is 4.74 Å². The Morgan fingerprint density at radius 2 is 2.10 bits per heavy atom. The third kappa shape index (κ3) is 3.37. The molecule has 0 amide bonds. The van der Waals surface area contributed by atoms with E-state index in [2.05, 4.69) is 20.3 Å². The van der Waals surface area contributed by atoms with Crippen LogP contribution >= 0.6 is 11.8 Å². The Balaban J connectivity index is 2.40. The normalized spacial score (nSPS) is 11.8. The van der Waals surface area contributed by atoms with Crippen molar-refractivity contribution in [2.75, 3.05) is 25.2 Å². The first-order valence-electron chi connectivity index (χ1n) is 6.42. The van der Waals surface area contributed by atoms with Gasteiger partial charge in [0.15, 0.2) is 11.0 Å². The summed E-state index contributed by atoms with van der Waals surface area (Å²) in [6.45, 7) is 6.68. The van der Waals surface area contributed by atoms with Crippen molar-refractivity contribution in [2.45, 2.75) is 31.5 Å². The molecule has 2 aromatic heterocycles. The number of fused-ring (bicyclic) bond motifs is 1. The summed E-state index contributed by atoms with van der Waals surface area (Å²) in [6.07, 6.45) is 3.80. The second-order valence-corrected chi connectivity index (χ2v) is 6.00. The van der Waals surface area contributed by atoms with Crippen LogP contribution in [0.25, 0.3) is 10.9 Å². The van der Waals surface area contributed by atoms with E-state index in [1.54, 1.807) is 7.11 Å². The number of nitrogens with zero attached hydrogens (tertiary/aromatic N) is 3. The molecule has 0 aliphatic heterocycles. The quantitative estimate of drug-likeness (QED) is 0.675. The van der Waals surface area contributed by atoms with E-state index < -0.39 is 0 Å². The van der Waals surface area contributed by atoms with E-state index in [9.17, 15) is 0 Å². The monoisotopic (exact) mass is 292 g/mol. The molecular formula is C14H20N4OS. The molecule has 0 aromatic carbocycles. The highest BCUT2D eigenvalue weighted by molar-refractivity contribution is 7.98. The van der Waals surface area contributed by atoms with Gasteiger partial charge in [0.05, 0.1) is 5.60 Å². The zero-order chi connectivity index (χ0) is 14.8. The van der Waals surface area contributed by atoms with Crippen molar-refractivity contribution >= 4 is 28.5 Å². The maximum absolute atomic E-state index is 5.42. The second kappa shape index (κ2) is 5.93. The largest absolute Gasteiger partial charge is 0.377 e. The average molecular weight is 292 g/mol. The first-order valence-corrected chi connectivity index (χ1v) is 7.65. The Labute approximate surface area is 123 Å². The molecule has 0 unspecified atom stereocenters. The van der Waals surface area contributed by atoms with Crippen LogP contribution < -0.4 is 5.32 Å². The first-order chi connectivity index (χ1) is 9.45. The van der Waals surface area contributed by atoms with Gasteiger partial charge in [-0.05, 0) is 33.1 Å². The summed E-state index contributed by atoms with van der Waals surface area (Å²) in [6, 6.07) is 1.99. The third-order valence-electron chi connectivity index (χ3n) is 3.09. The number of aromatic nitrogens is 3. The molecular weight excluding hydrogens is 272 g/mol. The van der Waals surface area contributed by atoms with Gasteiger partial charge in [0.25, 0.3) is 0 Å². The molecule has 2 aromatic rings. The molecule has 1 N–H and O–H groups in total. The number of hydrogen-bond donors (Lipinski definition) is 1. The van der Waals surface area contributed by atoms with Gasteiger partial charge in [-0.1, -0.05) is 11.8 Å². The first kappa shape index (κ1) is 15.0. The summed E-state index contributed by atoms with van der Waals surface area (Å²) in [5.41, 5.74) is 1.53. The van der Waals surface area contributed by atoms with Crippen molar-refractivity contribution in [3.63, 3.8) is 0 Å². The minimum absolute atomic E-state index is 0.257. The number of aryl methyl sites for hydroxylation is 1. The van der Waals surface area contributed by atoms with Gasteiger partial charge in [-0.3, -0.25) is 0 Å². The van der Waals surface area contributed by atoms with Gasteiger partial charge in [-0.2, -0.15) is 0 Å². The maximum atomic E-state index is 5.42. The van der Waals surface area contributed by atoms with Crippen LogP contribution in [0.3, 0.4) is 0 Å². The lowest BCUT2D eigenvalue weighted by atomic mass is 10.1. The fraction of sp³-hybridized carbons (Fsp3) is 0.500. The van der Waals surface area contributed by atoms with Gasteiger partial charge in [0.1, 0.15) is 5.52 Å². The summed E-state index contributed by atoms with van der Waals surface area (Å²) >= 11 is 1.52. The van der Waals surface area contributed by atoms with Crippen molar-refractivity contribution in [2.24, 2.45) is 0 Å². The number of ether oxygens (including phenoxy) is 1. The molecule has 0 aliphatic carbocycles. The van der Waals surface area contributed by atoms with Gasteiger partial charge < -0.3 is 10.1 Å². The highest BCUT2D eigenvalue weighted by atomic mass is 32.2. The van der Waals surface area contributed by atoms with E-state index in [0.717, 1.165) is 27.6 Å². The van der Waals surface area contributed by atoms with Crippen molar-refractivity contribution in [1.29, 1.82) is 0 Å². The fourth-order valence-corrected chi connectivity index (χ4v) is 2.09. The van der Waals surface area contributed by atoms with Crippen LogP contribution in [0, 0.1) is 6.92 Å². The Bertz CT molecular complexity index is 615. The van der Waals surface area contributed by atoms with Gasteiger partial charge in [0, 0.05) is 30.9 Å². The van der Waals surface area contributed by atoms with E-state index in [1.165, 1.54) is 11.8 Å². The van der Waals surface area contributed by atoms with E-state index >= 15 is 0 Å². The number of rotatable bonds is 5. The summed E-state index contributed by atoms with van der Waals surface area (Å²) in [5.74, 6) is 0.780. The molecule has 0 aliphatic rings. The molecule has 0 bridgehead atoms. The molecule has 0 saturated carbocycles. The zero-order valence-corrected chi connectivity index (χ0v) is 13.3. The predicted molar refractivity (Wildman–Crippen MR) is 83.4 cm³/mol. The number of anilines is 1. The standard InChI is InChI=1S/C14H20N4OS/c1-9-6-10-7-15-13(20-5)18-11(10)12(17-9)16-8-14(2,3)19-4/h6-7H,8H2,1-5H3,(H,16,17). The van der Waals surface area contributed by atoms with Gasteiger partial charge in [-0.15, -0.1) is 0 Å². The smallest absolute Gasteiger partial charge is 0.187 e. The van der Waals surface area contributed by atoms with E-state index in [0.29, 0.717) is 6.54 Å². The number of hydrogen-bond acceptors (Lipinski definition) is 6. The Morgan fingerprint density at radius 3 is 2.75 bits per heavy atom. The zero-order valence-electron chi connectivity index (χ0n) is 12.5. The van der Waals surface area contributed by atoms with Crippen LogP contribution in [0.15, 0.2) is 17.4 Å². The van der Waals surface area contributed by atoms with Crippen LogP contribution in [0.2, 0.25) is 0 Å². The van der Waals surface area contributed by atoms with Crippen LogP contribution in [0.1, 0.15) is 19.5 Å². The molecule has 0 saturated heterocycles. The Morgan fingerprint density at radius 1 is 1.35 bits per heavy atom. The van der Waals surface area contributed by atoms with E-state index in [1.807, 2.05) is 39.3 Å². The topological polar surface area (TPSA) is 59.9 Å². The molecule has 6 heteroatoms. The third-order valence-corrected chi connectivity index (χ3v) is 3.65. The Kier molecular flexibility index (Phi) is 4.45. The molecule has 0 fully saturated rings. The summed E-state index contributed by atoms with van der Waals surface area (Å²) < 4.78 is 5.42. The maximum Gasteiger partial charge on any atom is 0.187 e. The number of methoxy groups -OCH3 is 1. The minimum Gasteiger partial charge on any atom is -0.377 e.